The van der Waals surface area contributed by atoms with Crippen molar-refractivity contribution in [3.63, 3.8) is 0 Å². The minimum atomic E-state index is -0.207. The molecule has 0 saturated heterocycles. The number of carbonyl (C=O) groups excluding carboxylic acids is 1. The summed E-state index contributed by atoms with van der Waals surface area (Å²) in [5.41, 5.74) is 1.30. The quantitative estimate of drug-likeness (QED) is 0.683. The van der Waals surface area contributed by atoms with Gasteiger partial charge in [-0.2, -0.15) is 0 Å². The predicted molar refractivity (Wildman–Crippen MR) is 109 cm³/mol. The van der Waals surface area contributed by atoms with Gasteiger partial charge in [-0.05, 0) is 37.1 Å². The van der Waals surface area contributed by atoms with E-state index in [2.05, 4.69) is 27.2 Å². The topological polar surface area (TPSA) is 67.8 Å². The fourth-order valence-corrected chi connectivity index (χ4v) is 3.19. The number of hydrogen-bond donors (Lipinski definition) is 1. The molecule has 1 saturated carbocycles. The highest BCUT2D eigenvalue weighted by molar-refractivity contribution is 6.05. The van der Waals surface area contributed by atoms with Crippen molar-refractivity contribution in [1.82, 2.24) is 15.0 Å². The number of anilines is 1. The van der Waals surface area contributed by atoms with Crippen LogP contribution in [0.2, 0.25) is 0 Å². The lowest BCUT2D eigenvalue weighted by Crippen LogP contribution is -2.12. The molecule has 1 fully saturated rings. The zero-order valence-electron chi connectivity index (χ0n) is 16.0. The minimum absolute atomic E-state index is 0.207. The van der Waals surface area contributed by atoms with Crippen molar-refractivity contribution in [3.8, 4) is 0 Å². The first-order valence-electron chi connectivity index (χ1n) is 9.57. The molecule has 2 heterocycles. The van der Waals surface area contributed by atoms with E-state index >= 15 is 0 Å². The standard InChI is InChI=1S/C15H12N4O.C7H14/c1-10-17-9-12-6-5-11(8-13(12)18-10)15(20)19-14-4-2-3-7-16-14;1-7-5-3-2-4-6-7/h2-9H,1H3,(H,16,19,20);7H,2-6H2,1H3. The maximum absolute atomic E-state index is 12.1. The van der Waals surface area contributed by atoms with Crippen molar-refractivity contribution in [2.75, 3.05) is 5.32 Å². The summed E-state index contributed by atoms with van der Waals surface area (Å²) >= 11 is 0. The van der Waals surface area contributed by atoms with E-state index in [0.29, 0.717) is 17.2 Å². The van der Waals surface area contributed by atoms with E-state index in [1.165, 1.54) is 32.1 Å². The Morgan fingerprint density at radius 3 is 2.56 bits per heavy atom. The summed E-state index contributed by atoms with van der Waals surface area (Å²) in [5, 5.41) is 3.65. The molecule has 0 unspecified atom stereocenters. The van der Waals surface area contributed by atoms with Crippen LogP contribution in [0.1, 0.15) is 55.2 Å². The van der Waals surface area contributed by atoms with E-state index in [-0.39, 0.29) is 5.91 Å². The van der Waals surface area contributed by atoms with Crippen LogP contribution in [0.3, 0.4) is 0 Å². The Morgan fingerprint density at radius 2 is 1.89 bits per heavy atom. The molecule has 1 amide bonds. The van der Waals surface area contributed by atoms with Gasteiger partial charge in [-0.25, -0.2) is 15.0 Å². The predicted octanol–water partition coefficient (Wildman–Crippen LogP) is 5.17. The zero-order valence-corrected chi connectivity index (χ0v) is 16.0. The first-order chi connectivity index (χ1) is 13.1. The molecule has 140 valence electrons. The normalized spacial score (nSPS) is 14.3. The first kappa shape index (κ1) is 19.0. The third kappa shape index (κ3) is 5.58. The fourth-order valence-electron chi connectivity index (χ4n) is 3.19. The number of nitrogens with one attached hydrogen (secondary N) is 1. The van der Waals surface area contributed by atoms with E-state index in [9.17, 15) is 4.79 Å². The summed E-state index contributed by atoms with van der Waals surface area (Å²) in [6.07, 6.45) is 10.8. The lowest BCUT2D eigenvalue weighted by atomic mass is 9.91. The summed E-state index contributed by atoms with van der Waals surface area (Å²) in [7, 11) is 0. The molecule has 1 aliphatic carbocycles. The number of amides is 1. The van der Waals surface area contributed by atoms with Crippen LogP contribution in [0.5, 0.6) is 0 Å². The molecule has 0 spiro atoms. The molecule has 0 bridgehead atoms. The second kappa shape index (κ2) is 9.21. The monoisotopic (exact) mass is 362 g/mol. The second-order valence-corrected chi connectivity index (χ2v) is 7.10. The molecule has 0 aliphatic heterocycles. The van der Waals surface area contributed by atoms with Gasteiger partial charge >= 0.3 is 0 Å². The van der Waals surface area contributed by atoms with Gasteiger partial charge in [-0.1, -0.05) is 51.2 Å². The molecule has 2 aromatic heterocycles. The third-order valence-electron chi connectivity index (χ3n) is 4.77. The van der Waals surface area contributed by atoms with Crippen LogP contribution in [0.15, 0.2) is 48.8 Å². The molecule has 1 aromatic carbocycles. The van der Waals surface area contributed by atoms with Gasteiger partial charge in [-0.15, -0.1) is 0 Å². The molecule has 4 rings (SSSR count). The van der Waals surface area contributed by atoms with Gasteiger partial charge in [0.1, 0.15) is 11.6 Å². The van der Waals surface area contributed by atoms with Crippen molar-refractivity contribution >= 4 is 22.6 Å². The number of rotatable bonds is 2. The van der Waals surface area contributed by atoms with Gasteiger partial charge in [-0.3, -0.25) is 4.79 Å². The number of fused-ring (bicyclic) bond motifs is 1. The van der Waals surface area contributed by atoms with Gasteiger partial charge in [0, 0.05) is 23.3 Å². The number of hydrogen-bond acceptors (Lipinski definition) is 4. The fraction of sp³-hybridized carbons (Fsp3) is 0.364. The molecule has 1 N–H and O–H groups in total. The van der Waals surface area contributed by atoms with Gasteiger partial charge in [0.25, 0.3) is 5.91 Å². The molecule has 0 atom stereocenters. The Balaban J connectivity index is 0.000000253. The number of pyridine rings is 1. The lowest BCUT2D eigenvalue weighted by Gasteiger charge is -2.15. The highest BCUT2D eigenvalue weighted by Gasteiger charge is 2.08. The van der Waals surface area contributed by atoms with Crippen LogP contribution in [-0.2, 0) is 0 Å². The van der Waals surface area contributed by atoms with Crippen LogP contribution in [0.25, 0.3) is 10.9 Å². The largest absolute Gasteiger partial charge is 0.307 e. The molecule has 5 nitrogen and oxygen atoms in total. The molecular formula is C22H26N4O. The van der Waals surface area contributed by atoms with Crippen LogP contribution < -0.4 is 5.32 Å². The summed E-state index contributed by atoms with van der Waals surface area (Å²) in [6, 6.07) is 10.7. The number of aromatic nitrogens is 3. The maximum atomic E-state index is 12.1. The Morgan fingerprint density at radius 1 is 1.07 bits per heavy atom. The number of benzene rings is 1. The van der Waals surface area contributed by atoms with Crippen molar-refractivity contribution < 1.29 is 4.79 Å². The molecular weight excluding hydrogens is 336 g/mol. The number of nitrogens with zero attached hydrogens (tertiary/aromatic N) is 3. The smallest absolute Gasteiger partial charge is 0.256 e. The van der Waals surface area contributed by atoms with Crippen LogP contribution >= 0.6 is 0 Å². The number of carbonyl (C=O) groups is 1. The Kier molecular flexibility index (Phi) is 6.47. The average molecular weight is 362 g/mol. The van der Waals surface area contributed by atoms with Crippen molar-refractivity contribution in [2.24, 2.45) is 5.92 Å². The van der Waals surface area contributed by atoms with E-state index in [4.69, 9.17) is 0 Å². The average Bonchev–Trinajstić information content (AvgIpc) is 2.69. The molecule has 3 aromatic rings. The minimum Gasteiger partial charge on any atom is -0.307 e. The van der Waals surface area contributed by atoms with Gasteiger partial charge in [0.05, 0.1) is 5.52 Å². The second-order valence-electron chi connectivity index (χ2n) is 7.10. The summed E-state index contributed by atoms with van der Waals surface area (Å²) < 4.78 is 0. The summed E-state index contributed by atoms with van der Waals surface area (Å²) in [4.78, 5) is 24.7. The van der Waals surface area contributed by atoms with E-state index in [0.717, 1.165) is 16.8 Å². The molecule has 0 radical (unpaired) electrons. The third-order valence-corrected chi connectivity index (χ3v) is 4.77. The van der Waals surface area contributed by atoms with E-state index in [1.54, 1.807) is 36.7 Å². The molecule has 27 heavy (non-hydrogen) atoms. The first-order valence-corrected chi connectivity index (χ1v) is 9.57. The Hall–Kier alpha value is -2.82. The Bertz CT molecular complexity index is 889. The molecule has 5 heteroatoms. The molecule has 1 aliphatic rings. The maximum Gasteiger partial charge on any atom is 0.256 e. The van der Waals surface area contributed by atoms with Crippen LogP contribution in [0.4, 0.5) is 5.82 Å². The van der Waals surface area contributed by atoms with Gasteiger partial charge < -0.3 is 5.32 Å². The highest BCUT2D eigenvalue weighted by Crippen LogP contribution is 2.22. The summed E-state index contributed by atoms with van der Waals surface area (Å²) in [5.74, 6) is 2.03. The Labute approximate surface area is 160 Å². The SMILES string of the molecule is CC1CCCCC1.Cc1ncc2ccc(C(=O)Nc3ccccn3)cc2n1. The van der Waals surface area contributed by atoms with Crippen molar-refractivity contribution in [3.05, 3.63) is 60.2 Å². The zero-order chi connectivity index (χ0) is 19.1. The van der Waals surface area contributed by atoms with E-state index in [1.807, 2.05) is 19.1 Å². The number of aryl methyl sites for hydroxylation is 1. The summed E-state index contributed by atoms with van der Waals surface area (Å²) in [6.45, 7) is 4.18. The van der Waals surface area contributed by atoms with Crippen molar-refractivity contribution in [1.29, 1.82) is 0 Å². The highest BCUT2D eigenvalue weighted by atomic mass is 16.1. The van der Waals surface area contributed by atoms with Gasteiger partial charge in [0.2, 0.25) is 0 Å². The van der Waals surface area contributed by atoms with Crippen molar-refractivity contribution in [2.45, 2.75) is 46.0 Å². The van der Waals surface area contributed by atoms with Crippen LogP contribution in [0, 0.1) is 12.8 Å². The van der Waals surface area contributed by atoms with Crippen LogP contribution in [-0.4, -0.2) is 20.9 Å². The van der Waals surface area contributed by atoms with E-state index < -0.39 is 0 Å². The lowest BCUT2D eigenvalue weighted by molar-refractivity contribution is 0.102. The van der Waals surface area contributed by atoms with Gasteiger partial charge in [0.15, 0.2) is 0 Å².